The molecule has 0 bridgehead atoms. The minimum atomic E-state index is 1.08. The SMILES string of the molecule is C=Cc1cc2ccc(C)cc2cc1C(=C)C. The second-order valence-corrected chi connectivity index (χ2v) is 4.27. The molecule has 0 aliphatic carbocycles. The van der Waals surface area contributed by atoms with Crippen LogP contribution in [-0.2, 0) is 0 Å². The molecule has 0 unspecified atom stereocenters. The molecule has 0 aromatic heterocycles. The molecule has 0 nitrogen and oxygen atoms in total. The summed E-state index contributed by atoms with van der Waals surface area (Å²) in [6.45, 7) is 12.0. The maximum atomic E-state index is 4.02. The lowest BCUT2D eigenvalue weighted by Crippen LogP contribution is -1.86. The molecule has 0 amide bonds. The standard InChI is InChI=1S/C16H16/c1-5-13-9-14-7-6-12(4)8-15(14)10-16(13)11(2)3/h5-10H,1-2H2,3-4H3. The fourth-order valence-corrected chi connectivity index (χ4v) is 1.97. The summed E-state index contributed by atoms with van der Waals surface area (Å²) in [6, 6.07) is 10.9. The fourth-order valence-electron chi connectivity index (χ4n) is 1.97. The minimum Gasteiger partial charge on any atom is -0.0984 e. The van der Waals surface area contributed by atoms with Crippen LogP contribution in [0.2, 0.25) is 0 Å². The molecule has 0 heteroatoms. The second-order valence-electron chi connectivity index (χ2n) is 4.27. The fraction of sp³-hybridized carbons (Fsp3) is 0.125. The van der Waals surface area contributed by atoms with Crippen LogP contribution in [0.15, 0.2) is 43.5 Å². The van der Waals surface area contributed by atoms with Gasteiger partial charge in [0.25, 0.3) is 0 Å². The normalized spacial score (nSPS) is 10.4. The van der Waals surface area contributed by atoms with E-state index < -0.39 is 0 Å². The molecule has 2 aromatic carbocycles. The lowest BCUT2D eigenvalue weighted by atomic mass is 9.96. The van der Waals surface area contributed by atoms with Crippen LogP contribution in [0, 0.1) is 6.92 Å². The maximum absolute atomic E-state index is 4.02. The first-order chi connectivity index (χ1) is 7.61. The summed E-state index contributed by atoms with van der Waals surface area (Å²) in [5, 5.41) is 2.52. The monoisotopic (exact) mass is 208 g/mol. The average Bonchev–Trinajstić information content (AvgIpc) is 2.27. The summed E-state index contributed by atoms with van der Waals surface area (Å²) in [5.74, 6) is 0. The van der Waals surface area contributed by atoms with E-state index in [4.69, 9.17) is 0 Å². The topological polar surface area (TPSA) is 0 Å². The van der Waals surface area contributed by atoms with Gasteiger partial charge in [0.15, 0.2) is 0 Å². The zero-order valence-electron chi connectivity index (χ0n) is 9.88. The molecule has 0 aliphatic rings. The van der Waals surface area contributed by atoms with Gasteiger partial charge < -0.3 is 0 Å². The highest BCUT2D eigenvalue weighted by molar-refractivity contribution is 5.90. The van der Waals surface area contributed by atoms with E-state index in [1.54, 1.807) is 0 Å². The number of rotatable bonds is 2. The lowest BCUT2D eigenvalue weighted by molar-refractivity contribution is 1.49. The van der Waals surface area contributed by atoms with Crippen LogP contribution < -0.4 is 0 Å². The lowest BCUT2D eigenvalue weighted by Gasteiger charge is -2.08. The van der Waals surface area contributed by atoms with Crippen LogP contribution in [0.3, 0.4) is 0 Å². The number of benzene rings is 2. The van der Waals surface area contributed by atoms with Crippen molar-refractivity contribution in [2.75, 3.05) is 0 Å². The molecular formula is C16H16. The van der Waals surface area contributed by atoms with Gasteiger partial charge in [-0.05, 0) is 47.9 Å². The Morgan fingerprint density at radius 2 is 1.88 bits per heavy atom. The Kier molecular flexibility index (Phi) is 2.66. The Balaban J connectivity index is 2.80. The van der Waals surface area contributed by atoms with Crippen molar-refractivity contribution in [3.63, 3.8) is 0 Å². The van der Waals surface area contributed by atoms with Crippen LogP contribution in [0.25, 0.3) is 22.4 Å². The summed E-state index contributed by atoms with van der Waals surface area (Å²) in [6.07, 6.45) is 1.89. The smallest absolute Gasteiger partial charge is 0.0154 e. The molecule has 0 N–H and O–H groups in total. The van der Waals surface area contributed by atoms with Gasteiger partial charge in [0.05, 0.1) is 0 Å². The van der Waals surface area contributed by atoms with Crippen LogP contribution in [-0.4, -0.2) is 0 Å². The molecule has 0 aliphatic heterocycles. The van der Waals surface area contributed by atoms with E-state index in [0.717, 1.165) is 11.1 Å². The quantitative estimate of drug-likeness (QED) is 0.663. The second kappa shape index (κ2) is 3.97. The van der Waals surface area contributed by atoms with Gasteiger partial charge in [-0.15, -0.1) is 0 Å². The zero-order chi connectivity index (χ0) is 11.7. The Labute approximate surface area is 96.9 Å². The van der Waals surface area contributed by atoms with Crippen LogP contribution in [0.4, 0.5) is 0 Å². The summed E-state index contributed by atoms with van der Waals surface area (Å²) in [5.41, 5.74) is 4.71. The summed E-state index contributed by atoms with van der Waals surface area (Å²) >= 11 is 0. The van der Waals surface area contributed by atoms with Crippen LogP contribution in [0.1, 0.15) is 23.6 Å². The van der Waals surface area contributed by atoms with Crippen molar-refractivity contribution >= 4 is 22.4 Å². The van der Waals surface area contributed by atoms with E-state index in [1.165, 1.54) is 21.9 Å². The highest BCUT2D eigenvalue weighted by Gasteiger charge is 2.03. The highest BCUT2D eigenvalue weighted by atomic mass is 14.1. The Morgan fingerprint density at radius 3 is 2.50 bits per heavy atom. The van der Waals surface area contributed by atoms with Crippen molar-refractivity contribution < 1.29 is 0 Å². The molecule has 2 rings (SSSR count). The van der Waals surface area contributed by atoms with Gasteiger partial charge >= 0.3 is 0 Å². The van der Waals surface area contributed by atoms with Gasteiger partial charge in [0, 0.05) is 0 Å². The van der Waals surface area contributed by atoms with Crippen molar-refractivity contribution in [3.8, 4) is 0 Å². The van der Waals surface area contributed by atoms with E-state index in [0.29, 0.717) is 0 Å². The third kappa shape index (κ3) is 1.79. The van der Waals surface area contributed by atoms with E-state index in [2.05, 4.69) is 50.4 Å². The van der Waals surface area contributed by atoms with Gasteiger partial charge in [-0.2, -0.15) is 0 Å². The predicted octanol–water partition coefficient (Wildman–Crippen LogP) is 4.82. The Bertz CT molecular complexity index is 574. The van der Waals surface area contributed by atoms with E-state index in [-0.39, 0.29) is 0 Å². The van der Waals surface area contributed by atoms with Crippen molar-refractivity contribution in [2.24, 2.45) is 0 Å². The summed E-state index contributed by atoms with van der Waals surface area (Å²) in [7, 11) is 0. The number of hydrogen-bond donors (Lipinski definition) is 0. The molecule has 0 saturated carbocycles. The predicted molar refractivity (Wildman–Crippen MR) is 73.5 cm³/mol. The van der Waals surface area contributed by atoms with Crippen molar-refractivity contribution in [1.29, 1.82) is 0 Å². The molecule has 2 aromatic rings. The average molecular weight is 208 g/mol. The summed E-state index contributed by atoms with van der Waals surface area (Å²) in [4.78, 5) is 0. The van der Waals surface area contributed by atoms with E-state index in [1.807, 2.05) is 13.0 Å². The number of allylic oxidation sites excluding steroid dienone is 1. The molecule has 0 radical (unpaired) electrons. The largest absolute Gasteiger partial charge is 0.0984 e. The maximum Gasteiger partial charge on any atom is -0.0154 e. The molecule has 0 atom stereocenters. The van der Waals surface area contributed by atoms with Crippen molar-refractivity contribution in [2.45, 2.75) is 13.8 Å². The highest BCUT2D eigenvalue weighted by Crippen LogP contribution is 2.26. The van der Waals surface area contributed by atoms with Crippen molar-refractivity contribution in [1.82, 2.24) is 0 Å². The molecule has 16 heavy (non-hydrogen) atoms. The van der Waals surface area contributed by atoms with Crippen LogP contribution >= 0.6 is 0 Å². The Hall–Kier alpha value is -1.82. The first-order valence-corrected chi connectivity index (χ1v) is 5.44. The van der Waals surface area contributed by atoms with E-state index >= 15 is 0 Å². The van der Waals surface area contributed by atoms with Crippen molar-refractivity contribution in [3.05, 3.63) is 60.2 Å². The Morgan fingerprint density at radius 1 is 1.12 bits per heavy atom. The summed E-state index contributed by atoms with van der Waals surface area (Å²) < 4.78 is 0. The number of fused-ring (bicyclic) bond motifs is 1. The van der Waals surface area contributed by atoms with E-state index in [9.17, 15) is 0 Å². The molecule has 0 spiro atoms. The van der Waals surface area contributed by atoms with Gasteiger partial charge in [0.2, 0.25) is 0 Å². The van der Waals surface area contributed by atoms with Gasteiger partial charge in [-0.25, -0.2) is 0 Å². The van der Waals surface area contributed by atoms with Gasteiger partial charge in [-0.3, -0.25) is 0 Å². The molecular weight excluding hydrogens is 192 g/mol. The van der Waals surface area contributed by atoms with Gasteiger partial charge in [-0.1, -0.05) is 48.6 Å². The van der Waals surface area contributed by atoms with Gasteiger partial charge in [0.1, 0.15) is 0 Å². The molecule has 0 heterocycles. The molecule has 0 fully saturated rings. The first kappa shape index (κ1) is 10.7. The number of hydrogen-bond acceptors (Lipinski definition) is 0. The zero-order valence-corrected chi connectivity index (χ0v) is 9.88. The molecule has 0 saturated heterocycles. The molecule has 80 valence electrons. The number of aryl methyl sites for hydroxylation is 1. The first-order valence-electron chi connectivity index (χ1n) is 5.44. The van der Waals surface area contributed by atoms with Crippen LogP contribution in [0.5, 0.6) is 0 Å². The third-order valence-corrected chi connectivity index (χ3v) is 2.84. The third-order valence-electron chi connectivity index (χ3n) is 2.84. The minimum absolute atomic E-state index is 1.08.